The molecule has 0 aliphatic carbocycles. The van der Waals surface area contributed by atoms with Gasteiger partial charge in [-0.05, 0) is 30.3 Å². The number of anilines is 2. The molecular weight excluding hydrogens is 250 g/mol. The van der Waals surface area contributed by atoms with Crippen LogP contribution in [-0.4, -0.2) is 7.11 Å². The second-order valence-electron chi connectivity index (χ2n) is 3.78. The van der Waals surface area contributed by atoms with E-state index in [0.29, 0.717) is 11.4 Å². The summed E-state index contributed by atoms with van der Waals surface area (Å²) in [7, 11) is 1.36. The third-order valence-electron chi connectivity index (χ3n) is 2.53. The van der Waals surface area contributed by atoms with Crippen LogP contribution < -0.4 is 10.1 Å². The van der Waals surface area contributed by atoms with E-state index in [2.05, 4.69) is 5.32 Å². The van der Waals surface area contributed by atoms with Crippen molar-refractivity contribution in [3.63, 3.8) is 0 Å². The second-order valence-corrected chi connectivity index (χ2v) is 3.78. The number of rotatable bonds is 3. The van der Waals surface area contributed by atoms with E-state index in [4.69, 9.17) is 10.00 Å². The number of nitrogens with one attached hydrogen (secondary N) is 1. The molecule has 0 radical (unpaired) electrons. The van der Waals surface area contributed by atoms with Crippen molar-refractivity contribution >= 4 is 11.4 Å². The highest BCUT2D eigenvalue weighted by Gasteiger charge is 2.07. The van der Waals surface area contributed by atoms with Crippen molar-refractivity contribution < 1.29 is 13.5 Å². The first-order valence-corrected chi connectivity index (χ1v) is 5.44. The minimum absolute atomic E-state index is 0.0885. The third-order valence-corrected chi connectivity index (χ3v) is 2.53. The molecule has 0 aliphatic rings. The number of nitrogens with zero attached hydrogens (tertiary/aromatic N) is 1. The van der Waals surface area contributed by atoms with Crippen LogP contribution in [0.25, 0.3) is 0 Å². The van der Waals surface area contributed by atoms with E-state index < -0.39 is 11.6 Å². The minimum atomic E-state index is -0.487. The molecular formula is C14H10F2N2O. The summed E-state index contributed by atoms with van der Waals surface area (Å²) in [6.45, 7) is 0. The summed E-state index contributed by atoms with van der Waals surface area (Å²) < 4.78 is 31.1. The molecule has 2 aromatic carbocycles. The molecule has 0 unspecified atom stereocenters. The summed E-state index contributed by atoms with van der Waals surface area (Å²) in [6.07, 6.45) is 0. The first-order valence-electron chi connectivity index (χ1n) is 5.44. The summed E-state index contributed by atoms with van der Waals surface area (Å²) >= 11 is 0. The molecule has 0 bridgehead atoms. The van der Waals surface area contributed by atoms with Gasteiger partial charge in [-0.3, -0.25) is 0 Å². The van der Waals surface area contributed by atoms with Crippen molar-refractivity contribution in [1.82, 2.24) is 0 Å². The van der Waals surface area contributed by atoms with E-state index in [1.807, 2.05) is 6.07 Å². The van der Waals surface area contributed by atoms with Gasteiger partial charge in [0.2, 0.25) is 0 Å². The van der Waals surface area contributed by atoms with Crippen molar-refractivity contribution in [1.29, 1.82) is 5.26 Å². The zero-order chi connectivity index (χ0) is 13.8. The maximum Gasteiger partial charge on any atom is 0.165 e. The maximum atomic E-state index is 13.3. The van der Waals surface area contributed by atoms with Gasteiger partial charge in [-0.2, -0.15) is 5.26 Å². The highest BCUT2D eigenvalue weighted by molar-refractivity contribution is 5.67. The van der Waals surface area contributed by atoms with Crippen molar-refractivity contribution in [2.75, 3.05) is 12.4 Å². The predicted molar refractivity (Wildman–Crippen MR) is 67.3 cm³/mol. The number of methoxy groups -OCH3 is 1. The fourth-order valence-electron chi connectivity index (χ4n) is 1.61. The van der Waals surface area contributed by atoms with Gasteiger partial charge in [0.25, 0.3) is 0 Å². The van der Waals surface area contributed by atoms with Crippen LogP contribution in [0, 0.1) is 23.0 Å². The first kappa shape index (κ1) is 12.8. The minimum Gasteiger partial charge on any atom is -0.494 e. The Bertz CT molecular complexity index is 650. The number of halogens is 2. The molecule has 5 heteroatoms. The smallest absolute Gasteiger partial charge is 0.165 e. The fourth-order valence-corrected chi connectivity index (χ4v) is 1.61. The lowest BCUT2D eigenvalue weighted by Gasteiger charge is -2.10. The van der Waals surface area contributed by atoms with Gasteiger partial charge in [0, 0.05) is 11.8 Å². The highest BCUT2D eigenvalue weighted by atomic mass is 19.1. The molecule has 0 saturated carbocycles. The van der Waals surface area contributed by atoms with Crippen LogP contribution in [0.2, 0.25) is 0 Å². The van der Waals surface area contributed by atoms with Crippen molar-refractivity contribution in [2.24, 2.45) is 0 Å². The second kappa shape index (κ2) is 5.36. The first-order chi connectivity index (χ1) is 9.13. The van der Waals surface area contributed by atoms with Crippen LogP contribution in [0.3, 0.4) is 0 Å². The van der Waals surface area contributed by atoms with Gasteiger partial charge in [-0.1, -0.05) is 0 Å². The Morgan fingerprint density at radius 1 is 1.16 bits per heavy atom. The van der Waals surface area contributed by atoms with Crippen LogP contribution >= 0.6 is 0 Å². The van der Waals surface area contributed by atoms with Gasteiger partial charge < -0.3 is 10.1 Å². The van der Waals surface area contributed by atoms with Gasteiger partial charge in [0.15, 0.2) is 11.6 Å². The Balaban J connectivity index is 2.34. The normalized spacial score (nSPS) is 9.79. The average molecular weight is 260 g/mol. The van der Waals surface area contributed by atoms with Crippen molar-refractivity contribution in [3.8, 4) is 11.8 Å². The fraction of sp³-hybridized carbons (Fsp3) is 0.0714. The lowest BCUT2D eigenvalue weighted by atomic mass is 10.1. The Labute approximate surface area is 109 Å². The molecule has 0 saturated heterocycles. The Hall–Kier alpha value is -2.61. The molecule has 0 aliphatic heterocycles. The Morgan fingerprint density at radius 2 is 1.95 bits per heavy atom. The molecule has 0 aromatic heterocycles. The quantitative estimate of drug-likeness (QED) is 0.917. The summed E-state index contributed by atoms with van der Waals surface area (Å²) in [6, 6.07) is 9.91. The van der Waals surface area contributed by atoms with Crippen LogP contribution in [-0.2, 0) is 0 Å². The van der Waals surface area contributed by atoms with E-state index in [-0.39, 0.29) is 11.3 Å². The summed E-state index contributed by atoms with van der Waals surface area (Å²) in [5.74, 6) is -0.878. The Morgan fingerprint density at radius 3 is 2.63 bits per heavy atom. The summed E-state index contributed by atoms with van der Waals surface area (Å²) in [5.41, 5.74) is 1.15. The van der Waals surface area contributed by atoms with Gasteiger partial charge in [-0.25, -0.2) is 8.78 Å². The molecule has 0 atom stereocenters. The topological polar surface area (TPSA) is 45.0 Å². The number of ether oxygens (including phenoxy) is 1. The lowest BCUT2D eigenvalue weighted by molar-refractivity contribution is 0.387. The van der Waals surface area contributed by atoms with Gasteiger partial charge in [0.1, 0.15) is 11.9 Å². The molecule has 96 valence electrons. The van der Waals surface area contributed by atoms with E-state index >= 15 is 0 Å². The van der Waals surface area contributed by atoms with Crippen LogP contribution in [0.5, 0.6) is 5.75 Å². The van der Waals surface area contributed by atoms with Crippen LogP contribution in [0.1, 0.15) is 5.56 Å². The summed E-state index contributed by atoms with van der Waals surface area (Å²) in [4.78, 5) is 0. The van der Waals surface area contributed by atoms with Crippen molar-refractivity contribution in [3.05, 3.63) is 53.6 Å². The van der Waals surface area contributed by atoms with Crippen LogP contribution in [0.15, 0.2) is 36.4 Å². The van der Waals surface area contributed by atoms with Gasteiger partial charge in [-0.15, -0.1) is 0 Å². The van der Waals surface area contributed by atoms with Crippen molar-refractivity contribution in [2.45, 2.75) is 0 Å². The predicted octanol–water partition coefficient (Wildman–Crippen LogP) is 3.59. The standard InChI is InChI=1S/C14H10F2N2O/c1-19-14-7-11(3-4-12(14)16)18-13-5-2-10(15)6-9(13)8-17/h2-7,18H,1H3. The largest absolute Gasteiger partial charge is 0.494 e. The number of benzene rings is 2. The molecule has 2 rings (SSSR count). The van der Waals surface area contributed by atoms with E-state index in [1.165, 1.54) is 37.4 Å². The summed E-state index contributed by atoms with van der Waals surface area (Å²) in [5, 5.41) is 11.8. The molecule has 19 heavy (non-hydrogen) atoms. The van der Waals surface area contributed by atoms with E-state index in [9.17, 15) is 8.78 Å². The number of hydrogen-bond acceptors (Lipinski definition) is 3. The zero-order valence-corrected chi connectivity index (χ0v) is 10.1. The molecule has 1 N–H and O–H groups in total. The molecule has 0 spiro atoms. The molecule has 0 amide bonds. The molecule has 3 nitrogen and oxygen atoms in total. The zero-order valence-electron chi connectivity index (χ0n) is 10.1. The highest BCUT2D eigenvalue weighted by Crippen LogP contribution is 2.26. The molecule has 0 fully saturated rings. The van der Waals surface area contributed by atoms with Gasteiger partial charge >= 0.3 is 0 Å². The number of hydrogen-bond donors (Lipinski definition) is 1. The number of nitriles is 1. The van der Waals surface area contributed by atoms with E-state index in [1.54, 1.807) is 0 Å². The molecule has 2 aromatic rings. The third kappa shape index (κ3) is 2.80. The maximum absolute atomic E-state index is 13.3. The molecule has 0 heterocycles. The van der Waals surface area contributed by atoms with E-state index in [0.717, 1.165) is 6.07 Å². The lowest BCUT2D eigenvalue weighted by Crippen LogP contribution is -1.96. The Kier molecular flexibility index (Phi) is 3.62. The average Bonchev–Trinajstić information content (AvgIpc) is 2.42. The SMILES string of the molecule is COc1cc(Nc2ccc(F)cc2C#N)ccc1F. The van der Waals surface area contributed by atoms with Gasteiger partial charge in [0.05, 0.1) is 18.4 Å². The monoisotopic (exact) mass is 260 g/mol. The van der Waals surface area contributed by atoms with Crippen LogP contribution in [0.4, 0.5) is 20.2 Å².